The second-order valence-corrected chi connectivity index (χ2v) is 8.39. The first-order valence-electron chi connectivity index (χ1n) is 11.1. The van der Waals surface area contributed by atoms with E-state index < -0.39 is 6.04 Å². The fourth-order valence-electron chi connectivity index (χ4n) is 4.76. The highest BCUT2D eigenvalue weighted by Crippen LogP contribution is 2.41. The second-order valence-electron chi connectivity index (χ2n) is 8.39. The number of carbonyl (C=O) groups is 1. The molecule has 1 atom stereocenters. The third-order valence-corrected chi connectivity index (χ3v) is 6.45. The van der Waals surface area contributed by atoms with E-state index in [9.17, 15) is 9.59 Å². The first-order chi connectivity index (χ1) is 16.5. The van der Waals surface area contributed by atoms with Gasteiger partial charge in [-0.3, -0.25) is 14.6 Å². The van der Waals surface area contributed by atoms with Crippen molar-refractivity contribution < 1.29 is 14.3 Å². The van der Waals surface area contributed by atoms with E-state index >= 15 is 0 Å². The van der Waals surface area contributed by atoms with Crippen LogP contribution in [0.25, 0.3) is 10.9 Å². The van der Waals surface area contributed by atoms with Crippen LogP contribution in [0.3, 0.4) is 0 Å². The number of nitrogens with one attached hydrogen (secondary N) is 1. The number of nitrogens with zero attached hydrogens (tertiary/aromatic N) is 2. The number of hydrogen-bond acceptors (Lipinski definition) is 5. The summed E-state index contributed by atoms with van der Waals surface area (Å²) in [7, 11) is 3.17. The molecule has 172 valence electrons. The fourth-order valence-corrected chi connectivity index (χ4v) is 4.76. The molecule has 5 rings (SSSR count). The number of fused-ring (bicyclic) bond motifs is 2. The van der Waals surface area contributed by atoms with E-state index in [1.54, 1.807) is 43.6 Å². The lowest BCUT2D eigenvalue weighted by atomic mass is 9.87. The van der Waals surface area contributed by atoms with E-state index in [4.69, 9.17) is 9.47 Å². The van der Waals surface area contributed by atoms with Gasteiger partial charge in [-0.05, 0) is 65.8 Å². The number of rotatable bonds is 4. The molecule has 0 aliphatic carbocycles. The van der Waals surface area contributed by atoms with Gasteiger partial charge in [-0.15, -0.1) is 0 Å². The number of hydrogen-bond donors (Lipinski definition) is 1. The minimum atomic E-state index is -0.593. The van der Waals surface area contributed by atoms with Crippen molar-refractivity contribution in [1.82, 2.24) is 14.9 Å². The maximum Gasteiger partial charge on any atom is 0.256 e. The number of pyridine rings is 2. The molecule has 1 unspecified atom stereocenters. The number of amides is 1. The number of aromatic nitrogens is 2. The van der Waals surface area contributed by atoms with Gasteiger partial charge in [-0.1, -0.05) is 18.2 Å². The second kappa shape index (κ2) is 8.67. The highest BCUT2D eigenvalue weighted by Gasteiger charge is 2.35. The summed E-state index contributed by atoms with van der Waals surface area (Å²) < 4.78 is 11.1. The molecule has 34 heavy (non-hydrogen) atoms. The summed E-state index contributed by atoms with van der Waals surface area (Å²) in [4.78, 5) is 35.9. The van der Waals surface area contributed by atoms with Crippen LogP contribution in [0.5, 0.6) is 11.5 Å². The van der Waals surface area contributed by atoms with Crippen LogP contribution in [-0.2, 0) is 6.42 Å². The molecule has 2 aromatic heterocycles. The number of ether oxygens (including phenoxy) is 2. The van der Waals surface area contributed by atoms with Gasteiger partial charge < -0.3 is 19.4 Å². The minimum absolute atomic E-state index is 0.178. The Morgan fingerprint density at radius 3 is 2.59 bits per heavy atom. The zero-order valence-corrected chi connectivity index (χ0v) is 19.3. The van der Waals surface area contributed by atoms with Gasteiger partial charge in [0.25, 0.3) is 11.5 Å². The first-order valence-corrected chi connectivity index (χ1v) is 11.1. The van der Waals surface area contributed by atoms with E-state index in [1.165, 1.54) is 0 Å². The van der Waals surface area contributed by atoms with Crippen LogP contribution in [0, 0.1) is 6.92 Å². The van der Waals surface area contributed by atoms with Crippen LogP contribution in [0.1, 0.15) is 38.7 Å². The highest BCUT2D eigenvalue weighted by atomic mass is 16.5. The van der Waals surface area contributed by atoms with Crippen molar-refractivity contribution in [2.24, 2.45) is 0 Å². The van der Waals surface area contributed by atoms with Gasteiger partial charge in [0.1, 0.15) is 0 Å². The quantitative estimate of drug-likeness (QED) is 0.502. The molecular formula is C27H25N3O4. The number of benzene rings is 2. The van der Waals surface area contributed by atoms with Gasteiger partial charge in [0.2, 0.25) is 0 Å². The predicted molar refractivity (Wildman–Crippen MR) is 130 cm³/mol. The van der Waals surface area contributed by atoms with Crippen molar-refractivity contribution >= 4 is 16.8 Å². The van der Waals surface area contributed by atoms with Crippen LogP contribution in [0.15, 0.2) is 65.7 Å². The molecule has 0 fully saturated rings. The molecule has 2 aromatic carbocycles. The summed E-state index contributed by atoms with van der Waals surface area (Å²) >= 11 is 0. The molecule has 3 heterocycles. The van der Waals surface area contributed by atoms with Crippen LogP contribution in [0.2, 0.25) is 0 Å². The standard InChI is InChI=1S/C27H25N3O4/c1-16-6-4-7-18-12-21(26(31)29-24(16)18)25-20-14-23(34-3)22(33-2)13-17(20)9-11-30(25)27(32)19-8-5-10-28-15-19/h4-8,10,12-15,25H,9,11H2,1-3H3,(H,29,31). The average Bonchev–Trinajstić information content (AvgIpc) is 2.87. The predicted octanol–water partition coefficient (Wildman–Crippen LogP) is 4.04. The smallest absolute Gasteiger partial charge is 0.256 e. The summed E-state index contributed by atoms with van der Waals surface area (Å²) in [6.45, 7) is 2.41. The molecular weight excluding hydrogens is 430 g/mol. The zero-order chi connectivity index (χ0) is 23.8. The molecule has 1 aliphatic rings. The zero-order valence-electron chi connectivity index (χ0n) is 19.3. The summed E-state index contributed by atoms with van der Waals surface area (Å²) in [5.41, 5.74) is 4.40. The fraction of sp³-hybridized carbons (Fsp3) is 0.222. The Balaban J connectivity index is 1.74. The third kappa shape index (κ3) is 3.59. The monoisotopic (exact) mass is 455 g/mol. The van der Waals surface area contributed by atoms with E-state index in [0.29, 0.717) is 35.6 Å². The molecule has 0 radical (unpaired) electrons. The lowest BCUT2D eigenvalue weighted by Crippen LogP contribution is -2.42. The Hall–Kier alpha value is -4.13. The summed E-state index contributed by atoms with van der Waals surface area (Å²) in [6.07, 6.45) is 3.81. The highest BCUT2D eigenvalue weighted by molar-refractivity contribution is 5.95. The Kier molecular flexibility index (Phi) is 5.53. The number of para-hydroxylation sites is 1. The van der Waals surface area contributed by atoms with Crippen LogP contribution >= 0.6 is 0 Å². The van der Waals surface area contributed by atoms with Crippen molar-refractivity contribution in [3.8, 4) is 11.5 Å². The van der Waals surface area contributed by atoms with Crippen LogP contribution in [0.4, 0.5) is 0 Å². The summed E-state index contributed by atoms with van der Waals surface area (Å²) in [5, 5.41) is 0.913. The summed E-state index contributed by atoms with van der Waals surface area (Å²) in [6, 6.07) is 14.5. The number of carbonyl (C=O) groups excluding carboxylic acids is 1. The maximum atomic E-state index is 13.6. The third-order valence-electron chi connectivity index (χ3n) is 6.45. The number of aryl methyl sites for hydroxylation is 1. The lowest BCUT2D eigenvalue weighted by molar-refractivity contribution is 0.0693. The number of aromatic amines is 1. The van der Waals surface area contributed by atoms with Crippen molar-refractivity contribution in [3.63, 3.8) is 0 Å². The van der Waals surface area contributed by atoms with E-state index in [0.717, 1.165) is 27.6 Å². The molecule has 7 heteroatoms. The van der Waals surface area contributed by atoms with Gasteiger partial charge in [0, 0.05) is 24.5 Å². The molecule has 1 amide bonds. The Morgan fingerprint density at radius 2 is 1.85 bits per heavy atom. The molecule has 0 bridgehead atoms. The van der Waals surface area contributed by atoms with Crippen molar-refractivity contribution in [3.05, 3.63) is 99.1 Å². The molecule has 0 saturated carbocycles. The molecule has 1 aliphatic heterocycles. The molecule has 1 N–H and O–H groups in total. The van der Waals surface area contributed by atoms with Gasteiger partial charge in [0.05, 0.1) is 31.3 Å². The molecule has 4 aromatic rings. The Bertz CT molecular complexity index is 1450. The Labute approximate surface area is 197 Å². The van der Waals surface area contributed by atoms with Crippen LogP contribution in [-0.4, -0.2) is 41.5 Å². The van der Waals surface area contributed by atoms with Gasteiger partial charge in [-0.2, -0.15) is 0 Å². The van der Waals surface area contributed by atoms with Gasteiger partial charge in [0.15, 0.2) is 11.5 Å². The van der Waals surface area contributed by atoms with Crippen molar-refractivity contribution in [1.29, 1.82) is 0 Å². The minimum Gasteiger partial charge on any atom is -0.493 e. The van der Waals surface area contributed by atoms with Crippen LogP contribution < -0.4 is 15.0 Å². The largest absolute Gasteiger partial charge is 0.493 e. The first kappa shape index (κ1) is 21.7. The topological polar surface area (TPSA) is 84.5 Å². The SMILES string of the molecule is COc1cc2c(cc1OC)C(c1cc3cccc(C)c3[nH]c1=O)N(C(=O)c1cccnc1)CC2. The lowest BCUT2D eigenvalue weighted by Gasteiger charge is -2.37. The molecule has 7 nitrogen and oxygen atoms in total. The number of H-pyrrole nitrogens is 1. The maximum absolute atomic E-state index is 13.6. The molecule has 0 spiro atoms. The van der Waals surface area contributed by atoms with Crippen molar-refractivity contribution in [2.75, 3.05) is 20.8 Å². The molecule has 0 saturated heterocycles. The van der Waals surface area contributed by atoms with Gasteiger partial charge in [-0.25, -0.2) is 0 Å². The average molecular weight is 456 g/mol. The Morgan fingerprint density at radius 1 is 1.06 bits per heavy atom. The van der Waals surface area contributed by atoms with E-state index in [-0.39, 0.29) is 11.5 Å². The van der Waals surface area contributed by atoms with Crippen molar-refractivity contribution in [2.45, 2.75) is 19.4 Å². The normalized spacial score (nSPS) is 15.1. The van der Waals surface area contributed by atoms with Gasteiger partial charge >= 0.3 is 0 Å². The van der Waals surface area contributed by atoms with E-state index in [2.05, 4.69) is 9.97 Å². The summed E-state index contributed by atoms with van der Waals surface area (Å²) in [5.74, 6) is 0.993. The van der Waals surface area contributed by atoms with E-state index in [1.807, 2.05) is 43.3 Å². The number of methoxy groups -OCH3 is 2.